The first-order valence-electron chi connectivity index (χ1n) is 7.31. The van der Waals surface area contributed by atoms with Gasteiger partial charge < -0.3 is 20.1 Å². The Morgan fingerprint density at radius 3 is 2.67 bits per heavy atom. The number of nitrogens with one attached hydrogen (secondary N) is 2. The van der Waals surface area contributed by atoms with Gasteiger partial charge in [0, 0.05) is 25.3 Å². The van der Waals surface area contributed by atoms with Gasteiger partial charge in [0.1, 0.15) is 0 Å². The zero-order valence-electron chi connectivity index (χ0n) is 12.8. The molecule has 21 heavy (non-hydrogen) atoms. The zero-order valence-corrected chi connectivity index (χ0v) is 12.8. The number of rotatable bonds is 4. The van der Waals surface area contributed by atoms with Crippen LogP contribution in [0.3, 0.4) is 0 Å². The van der Waals surface area contributed by atoms with E-state index >= 15 is 0 Å². The molecule has 0 spiro atoms. The Hall–Kier alpha value is -1.60. The predicted molar refractivity (Wildman–Crippen MR) is 76.6 cm³/mol. The maximum Gasteiger partial charge on any atom is 0.337 e. The number of esters is 1. The summed E-state index contributed by atoms with van der Waals surface area (Å²) in [7, 11) is 0. The van der Waals surface area contributed by atoms with E-state index in [1.165, 1.54) is 0 Å². The second-order valence-corrected chi connectivity index (χ2v) is 5.44. The number of carbonyl (C=O) groups excluding carboxylic acids is 2. The van der Waals surface area contributed by atoms with E-state index in [9.17, 15) is 9.59 Å². The monoisotopic (exact) mass is 297 g/mol. The lowest BCUT2D eigenvalue weighted by atomic mass is 10.1. The van der Waals surface area contributed by atoms with Crippen LogP contribution in [0, 0.1) is 0 Å². The van der Waals surface area contributed by atoms with Crippen molar-refractivity contribution in [2.75, 3.05) is 32.8 Å². The molecule has 118 valence electrons. The van der Waals surface area contributed by atoms with Gasteiger partial charge >= 0.3 is 12.0 Å². The molecule has 2 aliphatic heterocycles. The van der Waals surface area contributed by atoms with Crippen LogP contribution in [0.25, 0.3) is 0 Å². The molecule has 2 N–H and O–H groups in total. The molecule has 2 aliphatic rings. The number of urea groups is 1. The molecule has 0 saturated carbocycles. The second-order valence-electron chi connectivity index (χ2n) is 5.44. The third-order valence-electron chi connectivity index (χ3n) is 3.45. The molecule has 2 amide bonds. The summed E-state index contributed by atoms with van der Waals surface area (Å²) < 4.78 is 10.7. The van der Waals surface area contributed by atoms with Crippen molar-refractivity contribution in [1.29, 1.82) is 0 Å². The SMILES string of the molecule is CCOC(=O)C1=C(CN2C[C@@H](C)O[C@@H](C)C2)NC(=O)NC1. The van der Waals surface area contributed by atoms with E-state index in [1.807, 2.05) is 13.8 Å². The Morgan fingerprint density at radius 1 is 1.38 bits per heavy atom. The van der Waals surface area contributed by atoms with Gasteiger partial charge in [-0.1, -0.05) is 0 Å². The Balaban J connectivity index is 2.11. The highest BCUT2D eigenvalue weighted by molar-refractivity contribution is 5.93. The summed E-state index contributed by atoms with van der Waals surface area (Å²) >= 11 is 0. The van der Waals surface area contributed by atoms with Crippen LogP contribution in [0.4, 0.5) is 4.79 Å². The molecule has 0 aliphatic carbocycles. The lowest BCUT2D eigenvalue weighted by Gasteiger charge is -2.36. The molecule has 0 radical (unpaired) electrons. The highest BCUT2D eigenvalue weighted by Gasteiger charge is 2.28. The highest BCUT2D eigenvalue weighted by atomic mass is 16.5. The predicted octanol–water partition coefficient (Wildman–Crippen LogP) is 0.226. The van der Waals surface area contributed by atoms with Gasteiger partial charge in [0.15, 0.2) is 0 Å². The van der Waals surface area contributed by atoms with Crippen LogP contribution in [0.1, 0.15) is 20.8 Å². The highest BCUT2D eigenvalue weighted by Crippen LogP contribution is 2.15. The fourth-order valence-electron chi connectivity index (χ4n) is 2.72. The van der Waals surface area contributed by atoms with Crippen LogP contribution in [0.2, 0.25) is 0 Å². The summed E-state index contributed by atoms with van der Waals surface area (Å²) in [5.74, 6) is -0.380. The van der Waals surface area contributed by atoms with E-state index in [-0.39, 0.29) is 30.8 Å². The maximum absolute atomic E-state index is 12.0. The van der Waals surface area contributed by atoms with Crippen molar-refractivity contribution < 1.29 is 19.1 Å². The lowest BCUT2D eigenvalue weighted by Crippen LogP contribution is -2.50. The minimum absolute atomic E-state index is 0.137. The van der Waals surface area contributed by atoms with Crippen LogP contribution in [0.5, 0.6) is 0 Å². The summed E-state index contributed by atoms with van der Waals surface area (Å²) in [6.07, 6.45) is 0.274. The summed E-state index contributed by atoms with van der Waals surface area (Å²) in [5, 5.41) is 5.33. The van der Waals surface area contributed by atoms with Gasteiger partial charge in [0.25, 0.3) is 0 Å². The molecule has 0 bridgehead atoms. The fraction of sp³-hybridized carbons (Fsp3) is 0.714. The van der Waals surface area contributed by atoms with Crippen LogP contribution in [-0.4, -0.2) is 61.9 Å². The molecule has 0 unspecified atom stereocenters. The molecule has 7 nitrogen and oxygen atoms in total. The molecule has 1 fully saturated rings. The Bertz CT molecular complexity index is 440. The molecular weight excluding hydrogens is 274 g/mol. The van der Waals surface area contributed by atoms with Gasteiger partial charge in [-0.25, -0.2) is 9.59 Å². The van der Waals surface area contributed by atoms with Gasteiger partial charge in [-0.05, 0) is 20.8 Å². The normalized spacial score (nSPS) is 27.1. The Kier molecular flexibility index (Phi) is 5.19. The number of carbonyl (C=O) groups is 2. The molecule has 7 heteroatoms. The molecule has 2 heterocycles. The molecule has 1 saturated heterocycles. The van der Waals surface area contributed by atoms with Crippen molar-refractivity contribution in [1.82, 2.24) is 15.5 Å². The Morgan fingerprint density at radius 2 is 2.05 bits per heavy atom. The van der Waals surface area contributed by atoms with E-state index in [0.29, 0.717) is 24.4 Å². The summed E-state index contributed by atoms with van der Waals surface area (Å²) in [5.41, 5.74) is 1.11. The van der Waals surface area contributed by atoms with Crippen LogP contribution in [0.15, 0.2) is 11.3 Å². The van der Waals surface area contributed by atoms with Crippen LogP contribution in [-0.2, 0) is 14.3 Å². The maximum atomic E-state index is 12.0. The average Bonchev–Trinajstić information content (AvgIpc) is 2.37. The number of hydrogen-bond acceptors (Lipinski definition) is 5. The third kappa shape index (κ3) is 4.18. The quantitative estimate of drug-likeness (QED) is 0.726. The van der Waals surface area contributed by atoms with E-state index < -0.39 is 0 Å². The standard InChI is InChI=1S/C14H23N3O4/c1-4-20-13(18)11-5-15-14(19)16-12(11)8-17-6-9(2)21-10(3)7-17/h9-10H,4-8H2,1-3H3,(H2,15,16,19)/t9-,10+. The first-order valence-corrected chi connectivity index (χ1v) is 7.31. The smallest absolute Gasteiger partial charge is 0.337 e. The third-order valence-corrected chi connectivity index (χ3v) is 3.45. The van der Waals surface area contributed by atoms with Gasteiger partial charge in [-0.2, -0.15) is 0 Å². The number of morpholine rings is 1. The van der Waals surface area contributed by atoms with Crippen molar-refractivity contribution in [3.8, 4) is 0 Å². The van der Waals surface area contributed by atoms with E-state index in [0.717, 1.165) is 13.1 Å². The Labute approximate surface area is 124 Å². The lowest BCUT2D eigenvalue weighted by molar-refractivity contribution is -0.138. The zero-order chi connectivity index (χ0) is 15.4. The van der Waals surface area contributed by atoms with Crippen molar-refractivity contribution in [2.24, 2.45) is 0 Å². The van der Waals surface area contributed by atoms with Gasteiger partial charge in [-0.3, -0.25) is 4.90 Å². The van der Waals surface area contributed by atoms with Gasteiger partial charge in [0.05, 0.1) is 30.9 Å². The topological polar surface area (TPSA) is 79.9 Å². The van der Waals surface area contributed by atoms with Crippen LogP contribution < -0.4 is 10.6 Å². The van der Waals surface area contributed by atoms with Gasteiger partial charge in [0.2, 0.25) is 0 Å². The summed E-state index contributed by atoms with van der Waals surface area (Å²) in [6, 6.07) is -0.285. The van der Waals surface area contributed by atoms with E-state index in [4.69, 9.17) is 9.47 Å². The molecule has 0 aromatic carbocycles. The molecule has 2 rings (SSSR count). The summed E-state index contributed by atoms with van der Waals surface area (Å²) in [6.45, 7) is 8.37. The first-order chi connectivity index (χ1) is 9.99. The number of amides is 2. The number of hydrogen-bond donors (Lipinski definition) is 2. The number of nitrogens with zero attached hydrogens (tertiary/aromatic N) is 1. The van der Waals surface area contributed by atoms with Crippen molar-refractivity contribution in [3.05, 3.63) is 11.3 Å². The second kappa shape index (κ2) is 6.91. The summed E-state index contributed by atoms with van der Waals surface area (Å²) in [4.78, 5) is 25.7. The molecule has 2 atom stereocenters. The fourth-order valence-corrected chi connectivity index (χ4v) is 2.72. The molecular formula is C14H23N3O4. The van der Waals surface area contributed by atoms with Crippen molar-refractivity contribution in [2.45, 2.75) is 33.0 Å². The average molecular weight is 297 g/mol. The van der Waals surface area contributed by atoms with Crippen LogP contribution >= 0.6 is 0 Å². The minimum atomic E-state index is -0.380. The molecule has 0 aromatic rings. The van der Waals surface area contributed by atoms with E-state index in [2.05, 4.69) is 15.5 Å². The van der Waals surface area contributed by atoms with Crippen molar-refractivity contribution >= 4 is 12.0 Å². The first kappa shape index (κ1) is 15.8. The largest absolute Gasteiger partial charge is 0.463 e. The molecule has 0 aromatic heterocycles. The number of ether oxygens (including phenoxy) is 2. The van der Waals surface area contributed by atoms with E-state index in [1.54, 1.807) is 6.92 Å². The van der Waals surface area contributed by atoms with Crippen molar-refractivity contribution in [3.63, 3.8) is 0 Å². The van der Waals surface area contributed by atoms with Gasteiger partial charge in [-0.15, -0.1) is 0 Å². The minimum Gasteiger partial charge on any atom is -0.463 e.